The van der Waals surface area contributed by atoms with E-state index in [2.05, 4.69) is 35.0 Å². The molecule has 2 aromatic rings. The molecule has 1 aromatic heterocycles. The van der Waals surface area contributed by atoms with Crippen LogP contribution in [0.2, 0.25) is 0 Å². The molecule has 0 saturated carbocycles. The van der Waals surface area contributed by atoms with Gasteiger partial charge in [-0.1, -0.05) is 12.1 Å². The van der Waals surface area contributed by atoms with Crippen LogP contribution in [-0.2, 0) is 17.8 Å². The van der Waals surface area contributed by atoms with Gasteiger partial charge >= 0.3 is 0 Å². The Morgan fingerprint density at radius 2 is 2.30 bits per heavy atom. The molecule has 20 heavy (non-hydrogen) atoms. The Bertz CT molecular complexity index is 558. The number of aromatic nitrogens is 2. The lowest BCUT2D eigenvalue weighted by molar-refractivity contribution is 0.184. The average Bonchev–Trinajstić information content (AvgIpc) is 3.10. The lowest BCUT2D eigenvalue weighted by Gasteiger charge is -2.09. The highest BCUT2D eigenvalue weighted by atomic mass is 16.5. The molecular weight excluding hydrogens is 250 g/mol. The lowest BCUT2D eigenvalue weighted by Crippen LogP contribution is -2.20. The monoisotopic (exact) mass is 273 g/mol. The minimum atomic E-state index is 0.743. The van der Waals surface area contributed by atoms with E-state index in [0.29, 0.717) is 0 Å². The van der Waals surface area contributed by atoms with Crippen LogP contribution in [0.3, 0.4) is 0 Å². The van der Waals surface area contributed by atoms with Gasteiger partial charge in [-0.2, -0.15) is 0 Å². The van der Waals surface area contributed by atoms with Crippen molar-refractivity contribution in [2.75, 3.05) is 19.8 Å². The third-order valence-corrected chi connectivity index (χ3v) is 4.09. The van der Waals surface area contributed by atoms with Crippen molar-refractivity contribution in [3.8, 4) is 0 Å². The summed E-state index contributed by atoms with van der Waals surface area (Å²) >= 11 is 0. The number of hydrogen-bond acceptors (Lipinski definition) is 3. The molecule has 4 nitrogen and oxygen atoms in total. The van der Waals surface area contributed by atoms with Crippen LogP contribution in [0.1, 0.15) is 25.6 Å². The van der Waals surface area contributed by atoms with Gasteiger partial charge in [0, 0.05) is 19.8 Å². The molecule has 3 rings (SSSR count). The van der Waals surface area contributed by atoms with Gasteiger partial charge in [0.05, 0.1) is 17.6 Å². The fourth-order valence-corrected chi connectivity index (χ4v) is 2.93. The standard InChI is InChI=1S/C16H23N3O/c1-2-19-15-6-4-3-5-14(15)18-16(19)11-17-9-7-13-8-10-20-12-13/h3-6,13,17H,2,7-12H2,1H3. The van der Waals surface area contributed by atoms with Crippen molar-refractivity contribution in [2.45, 2.75) is 32.9 Å². The van der Waals surface area contributed by atoms with Gasteiger partial charge in [0.25, 0.3) is 0 Å². The van der Waals surface area contributed by atoms with Gasteiger partial charge in [-0.3, -0.25) is 0 Å². The van der Waals surface area contributed by atoms with Crippen molar-refractivity contribution in [3.63, 3.8) is 0 Å². The highest BCUT2D eigenvalue weighted by Gasteiger charge is 2.15. The largest absolute Gasteiger partial charge is 0.381 e. The minimum absolute atomic E-state index is 0.743. The third kappa shape index (κ3) is 2.86. The van der Waals surface area contributed by atoms with E-state index in [1.165, 1.54) is 18.4 Å². The fourth-order valence-electron chi connectivity index (χ4n) is 2.93. The molecule has 4 heteroatoms. The number of nitrogens with zero attached hydrogens (tertiary/aromatic N) is 2. The van der Waals surface area contributed by atoms with Crippen LogP contribution in [0.25, 0.3) is 11.0 Å². The van der Waals surface area contributed by atoms with Crippen molar-refractivity contribution in [3.05, 3.63) is 30.1 Å². The molecule has 0 aliphatic carbocycles. The maximum atomic E-state index is 5.40. The second kappa shape index (κ2) is 6.37. The number of benzene rings is 1. The molecule has 1 aliphatic rings. The second-order valence-electron chi connectivity index (χ2n) is 5.46. The summed E-state index contributed by atoms with van der Waals surface area (Å²) in [5, 5.41) is 3.53. The van der Waals surface area contributed by atoms with Gasteiger partial charge in [0.15, 0.2) is 0 Å². The molecule has 1 aromatic carbocycles. The summed E-state index contributed by atoms with van der Waals surface area (Å²) in [5.74, 6) is 1.88. The summed E-state index contributed by atoms with van der Waals surface area (Å²) in [6.45, 7) is 6.91. The van der Waals surface area contributed by atoms with Crippen LogP contribution in [0.15, 0.2) is 24.3 Å². The van der Waals surface area contributed by atoms with E-state index in [1.807, 2.05) is 6.07 Å². The zero-order valence-electron chi connectivity index (χ0n) is 12.1. The summed E-state index contributed by atoms with van der Waals surface area (Å²) in [5.41, 5.74) is 2.33. The van der Waals surface area contributed by atoms with E-state index in [1.54, 1.807) is 0 Å². The highest BCUT2D eigenvalue weighted by Crippen LogP contribution is 2.17. The van der Waals surface area contributed by atoms with Gasteiger partial charge in [-0.05, 0) is 44.4 Å². The van der Waals surface area contributed by atoms with Crippen molar-refractivity contribution in [2.24, 2.45) is 5.92 Å². The van der Waals surface area contributed by atoms with Crippen LogP contribution in [-0.4, -0.2) is 29.3 Å². The van der Waals surface area contributed by atoms with E-state index < -0.39 is 0 Å². The maximum absolute atomic E-state index is 5.40. The van der Waals surface area contributed by atoms with Crippen molar-refractivity contribution in [1.82, 2.24) is 14.9 Å². The van der Waals surface area contributed by atoms with E-state index in [0.717, 1.165) is 50.1 Å². The molecule has 1 N–H and O–H groups in total. The molecule has 1 atom stereocenters. The van der Waals surface area contributed by atoms with Gasteiger partial charge in [-0.25, -0.2) is 4.98 Å². The molecule has 0 bridgehead atoms. The Hall–Kier alpha value is -1.39. The third-order valence-electron chi connectivity index (χ3n) is 4.09. The highest BCUT2D eigenvalue weighted by molar-refractivity contribution is 5.75. The Kier molecular flexibility index (Phi) is 4.33. The number of rotatable bonds is 6. The van der Waals surface area contributed by atoms with E-state index in [4.69, 9.17) is 9.72 Å². The van der Waals surface area contributed by atoms with Gasteiger partial charge < -0.3 is 14.6 Å². The van der Waals surface area contributed by atoms with Crippen LogP contribution >= 0.6 is 0 Å². The number of para-hydroxylation sites is 2. The first-order valence-electron chi connectivity index (χ1n) is 7.61. The summed E-state index contributed by atoms with van der Waals surface area (Å²) in [6, 6.07) is 8.35. The predicted octanol–water partition coefficient (Wildman–Crippen LogP) is 2.57. The minimum Gasteiger partial charge on any atom is -0.381 e. The normalized spacial score (nSPS) is 18.9. The van der Waals surface area contributed by atoms with Gasteiger partial charge in [-0.15, -0.1) is 0 Å². The maximum Gasteiger partial charge on any atom is 0.123 e. The molecule has 108 valence electrons. The summed E-state index contributed by atoms with van der Waals surface area (Å²) in [6.07, 6.45) is 2.42. The summed E-state index contributed by atoms with van der Waals surface area (Å²) < 4.78 is 7.70. The number of hydrogen-bond donors (Lipinski definition) is 1. The fraction of sp³-hybridized carbons (Fsp3) is 0.562. The van der Waals surface area contributed by atoms with Gasteiger partial charge in [0.1, 0.15) is 5.82 Å². The zero-order chi connectivity index (χ0) is 13.8. The lowest BCUT2D eigenvalue weighted by atomic mass is 10.1. The van der Waals surface area contributed by atoms with E-state index >= 15 is 0 Å². The first-order valence-corrected chi connectivity index (χ1v) is 7.61. The number of imidazole rings is 1. The summed E-state index contributed by atoms with van der Waals surface area (Å²) in [4.78, 5) is 4.73. The molecule has 1 unspecified atom stereocenters. The predicted molar refractivity (Wildman–Crippen MR) is 80.7 cm³/mol. The quantitative estimate of drug-likeness (QED) is 0.822. The van der Waals surface area contributed by atoms with Crippen molar-refractivity contribution >= 4 is 11.0 Å². The Morgan fingerprint density at radius 3 is 3.10 bits per heavy atom. The smallest absolute Gasteiger partial charge is 0.123 e. The molecule has 0 radical (unpaired) electrons. The van der Waals surface area contributed by atoms with Gasteiger partial charge in [0.2, 0.25) is 0 Å². The molecule has 1 fully saturated rings. The second-order valence-corrected chi connectivity index (χ2v) is 5.46. The molecule has 0 spiro atoms. The Balaban J connectivity index is 1.59. The van der Waals surface area contributed by atoms with Crippen LogP contribution in [0.4, 0.5) is 0 Å². The number of nitrogens with one attached hydrogen (secondary N) is 1. The number of fused-ring (bicyclic) bond motifs is 1. The summed E-state index contributed by atoms with van der Waals surface area (Å²) in [7, 11) is 0. The molecule has 1 aliphatic heterocycles. The number of ether oxygens (including phenoxy) is 1. The van der Waals surface area contributed by atoms with Crippen LogP contribution in [0.5, 0.6) is 0 Å². The first kappa shape index (κ1) is 13.6. The zero-order valence-corrected chi connectivity index (χ0v) is 12.1. The van der Waals surface area contributed by atoms with E-state index in [-0.39, 0.29) is 0 Å². The molecule has 2 heterocycles. The van der Waals surface area contributed by atoms with Crippen LogP contribution in [0, 0.1) is 5.92 Å². The van der Waals surface area contributed by atoms with Crippen molar-refractivity contribution in [1.29, 1.82) is 0 Å². The molecule has 1 saturated heterocycles. The first-order chi connectivity index (χ1) is 9.88. The van der Waals surface area contributed by atoms with E-state index in [9.17, 15) is 0 Å². The van der Waals surface area contributed by atoms with Crippen molar-refractivity contribution < 1.29 is 4.74 Å². The van der Waals surface area contributed by atoms with Crippen LogP contribution < -0.4 is 5.32 Å². The number of aryl methyl sites for hydroxylation is 1. The topological polar surface area (TPSA) is 39.1 Å². The average molecular weight is 273 g/mol. The Labute approximate surface area is 120 Å². The SMILES string of the molecule is CCn1c(CNCCC2CCOC2)nc2ccccc21. The molecular formula is C16H23N3O. The Morgan fingerprint density at radius 1 is 1.40 bits per heavy atom. The molecule has 0 amide bonds.